The summed E-state index contributed by atoms with van der Waals surface area (Å²) in [5.41, 5.74) is 3.04. The van der Waals surface area contributed by atoms with Crippen molar-refractivity contribution in [1.29, 1.82) is 0 Å². The molecule has 8 heteroatoms. The molecule has 0 amide bonds. The van der Waals surface area contributed by atoms with Crippen LogP contribution in [0, 0.1) is 13.8 Å². The number of rotatable bonds is 7. The fourth-order valence-electron chi connectivity index (χ4n) is 3.77. The maximum absolute atomic E-state index is 5.69. The summed E-state index contributed by atoms with van der Waals surface area (Å²) in [5.74, 6) is 2.63. The Hall–Kier alpha value is -1.81. The molecule has 2 aromatic rings. The van der Waals surface area contributed by atoms with Crippen LogP contribution < -0.4 is 15.4 Å². The van der Waals surface area contributed by atoms with Gasteiger partial charge in [0.25, 0.3) is 0 Å². The smallest absolute Gasteiger partial charge is 0.191 e. The lowest BCUT2D eigenvalue weighted by Crippen LogP contribution is -2.42. The van der Waals surface area contributed by atoms with Gasteiger partial charge in [-0.1, -0.05) is 0 Å². The highest BCUT2D eigenvalue weighted by Gasteiger charge is 2.25. The summed E-state index contributed by atoms with van der Waals surface area (Å²) in [6, 6.07) is 4.20. The first kappa shape index (κ1) is 23.5. The van der Waals surface area contributed by atoms with Gasteiger partial charge in [-0.05, 0) is 51.9 Å². The number of hydrogen-bond acceptors (Lipinski definition) is 5. The maximum Gasteiger partial charge on any atom is 0.191 e. The molecule has 3 rings (SSSR count). The summed E-state index contributed by atoms with van der Waals surface area (Å²) >= 11 is 0. The Balaban J connectivity index is 0.00000300. The predicted molar refractivity (Wildman–Crippen MR) is 126 cm³/mol. The molecule has 1 aliphatic heterocycles. The Bertz CT molecular complexity index is 789. The number of hydrogen-bond donors (Lipinski definition) is 2. The molecule has 0 aromatic carbocycles. The highest BCUT2D eigenvalue weighted by Crippen LogP contribution is 2.25. The van der Waals surface area contributed by atoms with E-state index in [0.717, 1.165) is 53.9 Å². The molecule has 1 unspecified atom stereocenters. The number of furan rings is 1. The van der Waals surface area contributed by atoms with E-state index in [-0.39, 0.29) is 30.0 Å². The minimum atomic E-state index is 0. The van der Waals surface area contributed by atoms with Gasteiger partial charge in [-0.25, -0.2) is 0 Å². The van der Waals surface area contributed by atoms with E-state index >= 15 is 0 Å². The zero-order valence-electron chi connectivity index (χ0n) is 17.7. The van der Waals surface area contributed by atoms with Crippen molar-refractivity contribution in [2.45, 2.75) is 39.3 Å². The van der Waals surface area contributed by atoms with Crippen LogP contribution in [0.5, 0.6) is 5.75 Å². The monoisotopic (exact) mass is 513 g/mol. The molecule has 2 N–H and O–H groups in total. The van der Waals surface area contributed by atoms with Crippen molar-refractivity contribution in [3.8, 4) is 5.75 Å². The first-order chi connectivity index (χ1) is 13.6. The summed E-state index contributed by atoms with van der Waals surface area (Å²) in [5, 5.41) is 6.80. The van der Waals surface area contributed by atoms with Gasteiger partial charge >= 0.3 is 0 Å². The molecule has 0 aliphatic carbocycles. The molecule has 1 aliphatic rings. The number of aliphatic imine (C=N–C) groups is 1. The topological polar surface area (TPSA) is 74.9 Å². The zero-order chi connectivity index (χ0) is 19.9. The molecule has 0 saturated carbocycles. The second-order valence-corrected chi connectivity index (χ2v) is 7.13. The van der Waals surface area contributed by atoms with Gasteiger partial charge in [0.1, 0.15) is 11.5 Å². The molecule has 1 atom stereocenters. The molecular weight excluding hydrogens is 481 g/mol. The molecule has 7 nitrogen and oxygen atoms in total. The van der Waals surface area contributed by atoms with Crippen molar-refractivity contribution >= 4 is 29.9 Å². The second kappa shape index (κ2) is 11.4. The van der Waals surface area contributed by atoms with E-state index in [4.69, 9.17) is 9.15 Å². The standard InChI is InChI=1S/C21H31N5O2.HI/c1-15-12-23-17(16(2)20(15)27-4)13-24-21(22-3)25-14-18(19-8-7-11-28-19)26-9-5-6-10-26;/h7-8,11-12,18H,5-6,9-10,13-14H2,1-4H3,(H2,22,24,25);1H. The van der Waals surface area contributed by atoms with E-state index < -0.39 is 0 Å². The van der Waals surface area contributed by atoms with Gasteiger partial charge in [-0.3, -0.25) is 14.9 Å². The third-order valence-electron chi connectivity index (χ3n) is 5.31. The van der Waals surface area contributed by atoms with Crippen molar-refractivity contribution in [2.24, 2.45) is 4.99 Å². The van der Waals surface area contributed by atoms with E-state index in [0.29, 0.717) is 6.54 Å². The van der Waals surface area contributed by atoms with Crippen LogP contribution in [-0.2, 0) is 6.54 Å². The number of nitrogens with zero attached hydrogens (tertiary/aromatic N) is 3. The fourth-order valence-corrected chi connectivity index (χ4v) is 3.77. The quantitative estimate of drug-likeness (QED) is 0.336. The summed E-state index contributed by atoms with van der Waals surface area (Å²) in [4.78, 5) is 11.4. The van der Waals surface area contributed by atoms with Crippen LogP contribution in [0.1, 0.15) is 41.5 Å². The molecule has 1 saturated heterocycles. The van der Waals surface area contributed by atoms with Gasteiger partial charge in [-0.15, -0.1) is 24.0 Å². The molecule has 160 valence electrons. The third-order valence-corrected chi connectivity index (χ3v) is 5.31. The summed E-state index contributed by atoms with van der Waals surface area (Å²) in [6.07, 6.45) is 6.07. The molecule has 3 heterocycles. The largest absolute Gasteiger partial charge is 0.496 e. The molecule has 2 aromatic heterocycles. The van der Waals surface area contributed by atoms with Gasteiger partial charge in [0.05, 0.1) is 31.7 Å². The number of ether oxygens (including phenoxy) is 1. The molecule has 1 fully saturated rings. The van der Waals surface area contributed by atoms with Crippen LogP contribution in [0.15, 0.2) is 34.0 Å². The summed E-state index contributed by atoms with van der Waals surface area (Å²) in [7, 11) is 3.48. The Kier molecular flexibility index (Phi) is 9.22. The van der Waals surface area contributed by atoms with Crippen molar-refractivity contribution in [1.82, 2.24) is 20.5 Å². The Labute approximate surface area is 190 Å². The lowest BCUT2D eigenvalue weighted by atomic mass is 10.1. The first-order valence-electron chi connectivity index (χ1n) is 9.85. The lowest BCUT2D eigenvalue weighted by molar-refractivity contribution is 0.215. The van der Waals surface area contributed by atoms with E-state index in [1.165, 1.54) is 12.8 Å². The molecule has 0 radical (unpaired) electrons. The summed E-state index contributed by atoms with van der Waals surface area (Å²) in [6.45, 7) is 7.56. The van der Waals surface area contributed by atoms with Gasteiger partial charge in [0.2, 0.25) is 0 Å². The number of likely N-dealkylation sites (tertiary alicyclic amines) is 1. The Morgan fingerprint density at radius 1 is 1.31 bits per heavy atom. The number of halogens is 1. The van der Waals surface area contributed by atoms with Crippen LogP contribution in [-0.4, -0.2) is 49.6 Å². The Morgan fingerprint density at radius 2 is 2.07 bits per heavy atom. The van der Waals surface area contributed by atoms with Crippen molar-refractivity contribution in [3.05, 3.63) is 47.2 Å². The van der Waals surface area contributed by atoms with Crippen LogP contribution in [0.4, 0.5) is 0 Å². The number of aryl methyl sites for hydroxylation is 1. The van der Waals surface area contributed by atoms with E-state index in [2.05, 4.69) is 25.5 Å². The average Bonchev–Trinajstić information content (AvgIpc) is 3.41. The zero-order valence-corrected chi connectivity index (χ0v) is 20.0. The van der Waals surface area contributed by atoms with E-state index in [9.17, 15) is 0 Å². The van der Waals surface area contributed by atoms with Crippen LogP contribution >= 0.6 is 24.0 Å². The minimum absolute atomic E-state index is 0. The third kappa shape index (κ3) is 5.85. The van der Waals surface area contributed by atoms with Crippen LogP contribution in [0.2, 0.25) is 0 Å². The van der Waals surface area contributed by atoms with Crippen molar-refractivity contribution < 1.29 is 9.15 Å². The number of aromatic nitrogens is 1. The fraction of sp³-hybridized carbons (Fsp3) is 0.524. The number of nitrogens with one attached hydrogen (secondary N) is 2. The van der Waals surface area contributed by atoms with Crippen molar-refractivity contribution in [2.75, 3.05) is 33.8 Å². The SMILES string of the molecule is CN=C(NCc1ncc(C)c(OC)c1C)NCC(c1ccco1)N1CCCC1.I. The Morgan fingerprint density at radius 3 is 2.69 bits per heavy atom. The number of pyridine rings is 1. The molecular formula is C21H32IN5O2. The molecule has 0 spiro atoms. The summed E-state index contributed by atoms with van der Waals surface area (Å²) < 4.78 is 11.2. The maximum atomic E-state index is 5.69. The highest BCUT2D eigenvalue weighted by molar-refractivity contribution is 14.0. The van der Waals surface area contributed by atoms with Crippen LogP contribution in [0.25, 0.3) is 0 Å². The molecule has 0 bridgehead atoms. The van der Waals surface area contributed by atoms with Crippen LogP contribution in [0.3, 0.4) is 0 Å². The predicted octanol–water partition coefficient (Wildman–Crippen LogP) is 3.42. The average molecular weight is 513 g/mol. The minimum Gasteiger partial charge on any atom is -0.496 e. The number of guanidine groups is 1. The second-order valence-electron chi connectivity index (χ2n) is 7.13. The lowest BCUT2D eigenvalue weighted by Gasteiger charge is -2.26. The first-order valence-corrected chi connectivity index (χ1v) is 9.85. The van der Waals surface area contributed by atoms with Gasteiger partial charge < -0.3 is 19.8 Å². The normalized spacial score (nSPS) is 15.7. The molecule has 29 heavy (non-hydrogen) atoms. The number of methoxy groups -OCH3 is 1. The van der Waals surface area contributed by atoms with E-state index in [1.807, 2.05) is 32.2 Å². The van der Waals surface area contributed by atoms with Crippen molar-refractivity contribution in [3.63, 3.8) is 0 Å². The highest BCUT2D eigenvalue weighted by atomic mass is 127. The van der Waals surface area contributed by atoms with E-state index in [1.54, 1.807) is 20.4 Å². The van der Waals surface area contributed by atoms with Gasteiger partial charge in [0.15, 0.2) is 5.96 Å². The van der Waals surface area contributed by atoms with Gasteiger partial charge in [0, 0.05) is 30.9 Å². The van der Waals surface area contributed by atoms with Gasteiger partial charge in [-0.2, -0.15) is 0 Å².